The highest BCUT2D eigenvalue weighted by Crippen LogP contribution is 2.34. The molecular weight excluding hydrogens is 540 g/mol. The second-order valence-corrected chi connectivity index (χ2v) is 12.8. The van der Waals surface area contributed by atoms with E-state index in [1.165, 1.54) is 10.6 Å². The number of rotatable bonds is 11. The van der Waals surface area contributed by atoms with Crippen molar-refractivity contribution < 1.29 is 18.4 Å². The summed E-state index contributed by atoms with van der Waals surface area (Å²) in [5.74, 6) is 1.01. The summed E-state index contributed by atoms with van der Waals surface area (Å²) in [5, 5.41) is 20.2. The van der Waals surface area contributed by atoms with Crippen LogP contribution in [0.4, 0.5) is 5.82 Å². The van der Waals surface area contributed by atoms with Crippen molar-refractivity contribution in [3.63, 3.8) is 0 Å². The molecule has 1 amide bonds. The van der Waals surface area contributed by atoms with Crippen molar-refractivity contribution in [2.45, 2.75) is 32.2 Å². The molecule has 0 atom stereocenters. The maximum Gasteiger partial charge on any atom is 0.243 e. The summed E-state index contributed by atoms with van der Waals surface area (Å²) in [6, 6.07) is 8.01. The van der Waals surface area contributed by atoms with Crippen LogP contribution in [-0.2, 0) is 21.4 Å². The smallest absolute Gasteiger partial charge is 0.243 e. The number of hydroxylamine groups is 1. The summed E-state index contributed by atoms with van der Waals surface area (Å²) in [4.78, 5) is 24.5. The molecule has 1 aliphatic heterocycles. The minimum absolute atomic E-state index is 0.292. The van der Waals surface area contributed by atoms with Crippen LogP contribution in [0, 0.1) is 0 Å². The number of piperazine rings is 1. The largest absolute Gasteiger partial charge is 0.369 e. The van der Waals surface area contributed by atoms with E-state index in [1.54, 1.807) is 23.0 Å². The van der Waals surface area contributed by atoms with E-state index >= 15 is 0 Å². The highest BCUT2D eigenvalue weighted by atomic mass is 32.2. The van der Waals surface area contributed by atoms with Crippen LogP contribution in [0.15, 0.2) is 30.5 Å². The van der Waals surface area contributed by atoms with Crippen molar-refractivity contribution in [2.24, 2.45) is 0 Å². The van der Waals surface area contributed by atoms with Crippen molar-refractivity contribution in [2.75, 3.05) is 44.3 Å². The number of anilines is 1. The maximum atomic E-state index is 11.9. The topological polar surface area (TPSA) is 156 Å². The molecule has 0 spiro atoms. The number of benzene rings is 1. The number of unbranched alkanes of at least 4 members (excludes halogenated alkanes) is 2. The van der Waals surface area contributed by atoms with E-state index in [4.69, 9.17) is 15.2 Å². The third kappa shape index (κ3) is 6.53. The van der Waals surface area contributed by atoms with Gasteiger partial charge in [0, 0.05) is 61.5 Å². The molecule has 4 aromatic rings. The quantitative estimate of drug-likeness (QED) is 0.121. The number of thiophene rings is 1. The van der Waals surface area contributed by atoms with E-state index in [9.17, 15) is 13.2 Å². The van der Waals surface area contributed by atoms with Crippen molar-refractivity contribution in [3.8, 4) is 11.4 Å². The highest BCUT2D eigenvalue weighted by molar-refractivity contribution is 7.88. The molecule has 0 aliphatic carbocycles. The first-order chi connectivity index (χ1) is 18.8. The number of sulfonamides is 1. The fourth-order valence-corrected chi connectivity index (χ4v) is 6.68. The van der Waals surface area contributed by atoms with Crippen LogP contribution in [0.1, 0.15) is 30.6 Å². The third-order valence-electron chi connectivity index (χ3n) is 6.83. The molecule has 0 bridgehead atoms. The fraction of sp³-hybridized carbons (Fsp3) is 0.440. The second kappa shape index (κ2) is 11.9. The Morgan fingerprint density at radius 1 is 1.15 bits per heavy atom. The van der Waals surface area contributed by atoms with E-state index in [0.29, 0.717) is 51.4 Å². The van der Waals surface area contributed by atoms with Crippen LogP contribution in [0.3, 0.4) is 0 Å². The molecule has 0 radical (unpaired) electrons. The number of aromatic amines is 1. The van der Waals surface area contributed by atoms with Gasteiger partial charge in [0.1, 0.15) is 5.82 Å². The molecular formula is C25H32N8O4S2. The second-order valence-electron chi connectivity index (χ2n) is 9.67. The zero-order valence-corrected chi connectivity index (χ0v) is 23.3. The lowest BCUT2D eigenvalue weighted by atomic mass is 10.1. The first-order valence-corrected chi connectivity index (χ1v) is 15.6. The summed E-state index contributed by atoms with van der Waals surface area (Å²) < 4.78 is 26.2. The highest BCUT2D eigenvalue weighted by Gasteiger charge is 2.24. The Bertz CT molecular complexity index is 1560. The van der Waals surface area contributed by atoms with E-state index in [-0.39, 0.29) is 5.91 Å². The van der Waals surface area contributed by atoms with Crippen LogP contribution >= 0.6 is 11.3 Å². The number of nitrogens with zero attached hydrogens (tertiary/aromatic N) is 5. The van der Waals surface area contributed by atoms with Gasteiger partial charge >= 0.3 is 0 Å². The summed E-state index contributed by atoms with van der Waals surface area (Å²) in [5.41, 5.74) is 4.33. The lowest BCUT2D eigenvalue weighted by Gasteiger charge is -2.32. The zero-order chi connectivity index (χ0) is 27.4. The lowest BCUT2D eigenvalue weighted by Crippen LogP contribution is -2.47. The van der Waals surface area contributed by atoms with Crippen LogP contribution in [0.5, 0.6) is 0 Å². The predicted octanol–water partition coefficient (Wildman–Crippen LogP) is 2.79. The number of H-pyrrole nitrogens is 1. The summed E-state index contributed by atoms with van der Waals surface area (Å²) in [6.45, 7) is 3.76. The van der Waals surface area contributed by atoms with E-state index in [2.05, 4.69) is 26.5 Å². The average Bonchev–Trinajstić information content (AvgIpc) is 3.56. The van der Waals surface area contributed by atoms with Crippen molar-refractivity contribution in [3.05, 3.63) is 35.3 Å². The number of carbonyl (C=O) groups excluding carboxylic acids is 1. The number of aromatic nitrogens is 4. The Labute approximate surface area is 230 Å². The summed E-state index contributed by atoms with van der Waals surface area (Å²) >= 11 is 1.65. The van der Waals surface area contributed by atoms with Gasteiger partial charge in [-0.3, -0.25) is 20.0 Å². The van der Waals surface area contributed by atoms with Gasteiger partial charge < -0.3 is 5.32 Å². The van der Waals surface area contributed by atoms with E-state index in [0.717, 1.165) is 56.8 Å². The third-order valence-corrected chi connectivity index (χ3v) is 9.24. The Balaban J connectivity index is 1.36. The van der Waals surface area contributed by atoms with E-state index < -0.39 is 10.0 Å². The predicted molar refractivity (Wildman–Crippen MR) is 151 cm³/mol. The molecule has 12 nitrogen and oxygen atoms in total. The summed E-state index contributed by atoms with van der Waals surface area (Å²) in [6.07, 6.45) is 5.71. The normalized spacial score (nSPS) is 15.2. The van der Waals surface area contributed by atoms with Gasteiger partial charge in [-0.2, -0.15) is 9.40 Å². The first-order valence-electron chi connectivity index (χ1n) is 12.9. The average molecular weight is 573 g/mol. The Hall–Kier alpha value is -3.17. The molecule has 0 saturated carbocycles. The standard InChI is InChI=1S/C25H32N8O4S2/c1-39(36,37)33-12-10-32(11-13-33)16-17-14-21-23(38-17)25(26-9-4-2-3-8-22(34)31-35)29-24(28-21)18-6-5-7-20-19(18)15-27-30-20/h5-7,14-15,35H,2-4,8-13,16H2,1H3,(H,27,30)(H,31,34)(H,26,28,29). The SMILES string of the molecule is CS(=O)(=O)N1CCN(Cc2cc3nc(-c4cccc5[nH]ncc45)nc(NCCCCCC(=O)NO)c3s2)CC1. The number of amides is 1. The molecule has 3 aromatic heterocycles. The number of carbonyl (C=O) groups is 1. The molecule has 5 rings (SSSR count). The Kier molecular flexibility index (Phi) is 8.37. The minimum Gasteiger partial charge on any atom is -0.369 e. The van der Waals surface area contributed by atoms with Gasteiger partial charge in [-0.05, 0) is 25.0 Å². The van der Waals surface area contributed by atoms with E-state index in [1.807, 2.05) is 18.2 Å². The number of hydrogen-bond acceptors (Lipinski definition) is 10. The van der Waals surface area contributed by atoms with Gasteiger partial charge in [0.2, 0.25) is 15.9 Å². The Morgan fingerprint density at radius 3 is 2.74 bits per heavy atom. The first kappa shape index (κ1) is 27.4. The summed E-state index contributed by atoms with van der Waals surface area (Å²) in [7, 11) is -3.17. The molecule has 39 heavy (non-hydrogen) atoms. The molecule has 1 saturated heterocycles. The van der Waals surface area contributed by atoms with Gasteiger partial charge in [-0.15, -0.1) is 11.3 Å². The number of hydrogen-bond donors (Lipinski definition) is 4. The van der Waals surface area contributed by atoms with Crippen molar-refractivity contribution in [1.29, 1.82) is 0 Å². The molecule has 0 unspecified atom stereocenters. The minimum atomic E-state index is -3.17. The monoisotopic (exact) mass is 572 g/mol. The van der Waals surface area contributed by atoms with Gasteiger partial charge in [-0.1, -0.05) is 18.6 Å². The van der Waals surface area contributed by atoms with Gasteiger partial charge in [0.05, 0.1) is 28.2 Å². The van der Waals surface area contributed by atoms with Crippen molar-refractivity contribution >= 4 is 54.2 Å². The number of fused-ring (bicyclic) bond motifs is 2. The van der Waals surface area contributed by atoms with Crippen molar-refractivity contribution in [1.82, 2.24) is 34.9 Å². The number of nitrogens with one attached hydrogen (secondary N) is 3. The van der Waals surface area contributed by atoms with Crippen LogP contribution < -0.4 is 10.8 Å². The fourth-order valence-electron chi connectivity index (χ4n) is 4.75. The molecule has 1 fully saturated rings. The van der Waals surface area contributed by atoms with Crippen LogP contribution in [0.25, 0.3) is 32.5 Å². The Morgan fingerprint density at radius 2 is 1.97 bits per heavy atom. The van der Waals surface area contributed by atoms with Gasteiger partial charge in [0.25, 0.3) is 0 Å². The zero-order valence-electron chi connectivity index (χ0n) is 21.7. The molecule has 1 aromatic carbocycles. The van der Waals surface area contributed by atoms with Crippen LogP contribution in [0.2, 0.25) is 0 Å². The lowest BCUT2D eigenvalue weighted by molar-refractivity contribution is -0.129. The maximum absolute atomic E-state index is 11.9. The molecule has 208 valence electrons. The van der Waals surface area contributed by atoms with Crippen LogP contribution in [-0.4, -0.2) is 87.9 Å². The molecule has 14 heteroatoms. The molecule has 4 N–H and O–H groups in total. The molecule has 1 aliphatic rings. The van der Waals surface area contributed by atoms with Gasteiger partial charge in [0.15, 0.2) is 5.82 Å². The molecule has 4 heterocycles. The van der Waals surface area contributed by atoms with Gasteiger partial charge in [-0.25, -0.2) is 23.9 Å².